The molecule has 0 fully saturated rings. The average molecular weight is 635 g/mol. The van der Waals surface area contributed by atoms with E-state index in [1.165, 1.54) is 199 Å². The topological polar surface area (TPSA) is 0 Å². The zero-order chi connectivity index (χ0) is 33.4. The maximum absolute atomic E-state index is 2.45. The van der Waals surface area contributed by atoms with Gasteiger partial charge in [0, 0.05) is 11.1 Å². The fraction of sp³-hybridized carbons (Fsp3) is 0.727. The Labute approximate surface area is 288 Å². The van der Waals surface area contributed by atoms with Crippen molar-refractivity contribution in [2.45, 2.75) is 170 Å². The number of rotatable bonds is 29. The SMILES string of the molecule is CCCCC[N+](CCCCC)(CCCCC)Cc1ccc(-c2ccc(C[N+](CCCCC)(CCCCC)CCCCC)cc2)cc1. The van der Waals surface area contributed by atoms with Crippen LogP contribution in [0.3, 0.4) is 0 Å². The van der Waals surface area contributed by atoms with Crippen LogP contribution < -0.4 is 0 Å². The first-order valence-electron chi connectivity index (χ1n) is 20.4. The molecule has 0 saturated heterocycles. The summed E-state index contributed by atoms with van der Waals surface area (Å²) in [5.41, 5.74) is 5.79. The van der Waals surface area contributed by atoms with E-state index in [2.05, 4.69) is 90.1 Å². The molecule has 0 aliphatic carbocycles. The van der Waals surface area contributed by atoms with E-state index in [0.717, 1.165) is 0 Å². The van der Waals surface area contributed by atoms with Crippen molar-refractivity contribution >= 4 is 0 Å². The molecule has 0 heterocycles. The monoisotopic (exact) mass is 635 g/mol. The van der Waals surface area contributed by atoms with Crippen LogP contribution in [-0.2, 0) is 13.1 Å². The fourth-order valence-electron chi connectivity index (χ4n) is 7.71. The van der Waals surface area contributed by atoms with E-state index in [-0.39, 0.29) is 0 Å². The highest BCUT2D eigenvalue weighted by molar-refractivity contribution is 5.63. The van der Waals surface area contributed by atoms with Crippen molar-refractivity contribution in [2.24, 2.45) is 0 Å². The summed E-state index contributed by atoms with van der Waals surface area (Å²) in [5.74, 6) is 0. The molecule has 0 aliphatic heterocycles. The van der Waals surface area contributed by atoms with Gasteiger partial charge in [-0.25, -0.2) is 0 Å². The van der Waals surface area contributed by atoms with Crippen LogP contribution in [-0.4, -0.2) is 48.2 Å². The van der Waals surface area contributed by atoms with E-state index in [1.807, 2.05) is 0 Å². The van der Waals surface area contributed by atoms with Gasteiger partial charge in [-0.05, 0) is 88.2 Å². The molecule has 0 saturated carbocycles. The molecule has 2 nitrogen and oxygen atoms in total. The lowest BCUT2D eigenvalue weighted by atomic mass is 10.0. The van der Waals surface area contributed by atoms with E-state index in [9.17, 15) is 0 Å². The summed E-state index contributed by atoms with van der Waals surface area (Å²) in [6.45, 7) is 24.6. The third-order valence-electron chi connectivity index (χ3n) is 10.7. The van der Waals surface area contributed by atoms with Gasteiger partial charge in [0.05, 0.1) is 39.3 Å². The third kappa shape index (κ3) is 15.5. The molecule has 0 radical (unpaired) electrons. The maximum atomic E-state index is 2.45. The highest BCUT2D eigenvalue weighted by atomic mass is 15.4. The third-order valence-corrected chi connectivity index (χ3v) is 10.7. The maximum Gasteiger partial charge on any atom is 0.104 e. The normalized spacial score (nSPS) is 12.2. The molecule has 0 unspecified atom stereocenters. The van der Waals surface area contributed by atoms with E-state index >= 15 is 0 Å². The number of hydrogen-bond acceptors (Lipinski definition) is 0. The first-order valence-corrected chi connectivity index (χ1v) is 20.4. The van der Waals surface area contributed by atoms with Gasteiger partial charge in [-0.1, -0.05) is 129 Å². The molecule has 0 aromatic heterocycles. The summed E-state index contributed by atoms with van der Waals surface area (Å²) in [5, 5.41) is 0. The molecule has 2 rings (SSSR count). The molecule has 2 aromatic carbocycles. The van der Waals surface area contributed by atoms with Crippen molar-refractivity contribution < 1.29 is 8.97 Å². The summed E-state index contributed by atoms with van der Waals surface area (Å²) in [6, 6.07) is 19.4. The second-order valence-corrected chi connectivity index (χ2v) is 15.0. The number of benzene rings is 2. The zero-order valence-corrected chi connectivity index (χ0v) is 31.9. The molecule has 46 heavy (non-hydrogen) atoms. The summed E-state index contributed by atoms with van der Waals surface area (Å²) in [6.07, 6.45) is 24.3. The summed E-state index contributed by atoms with van der Waals surface area (Å²) < 4.78 is 2.59. The highest BCUT2D eigenvalue weighted by Crippen LogP contribution is 2.27. The van der Waals surface area contributed by atoms with Crippen LogP contribution in [0.25, 0.3) is 11.1 Å². The predicted molar refractivity (Wildman–Crippen MR) is 206 cm³/mol. The largest absolute Gasteiger partial charge is 0.320 e. The van der Waals surface area contributed by atoms with Crippen LogP contribution >= 0.6 is 0 Å². The molecule has 0 aliphatic rings. The van der Waals surface area contributed by atoms with Crippen LogP contribution in [0, 0.1) is 0 Å². The van der Waals surface area contributed by atoms with Gasteiger partial charge in [0.25, 0.3) is 0 Å². The first kappa shape index (κ1) is 40.5. The van der Waals surface area contributed by atoms with Crippen LogP contribution in [0.1, 0.15) is 168 Å². The molecule has 0 atom stereocenters. The molecule has 0 amide bonds. The number of quaternary nitrogens is 2. The first-order chi connectivity index (χ1) is 22.5. The summed E-state index contributed by atoms with van der Waals surface area (Å²) >= 11 is 0. The Balaban J connectivity index is 2.21. The Bertz CT molecular complexity index is 841. The summed E-state index contributed by atoms with van der Waals surface area (Å²) in [7, 11) is 0. The minimum Gasteiger partial charge on any atom is -0.320 e. The smallest absolute Gasteiger partial charge is 0.104 e. The number of hydrogen-bond donors (Lipinski definition) is 0. The second kappa shape index (κ2) is 24.5. The van der Waals surface area contributed by atoms with Gasteiger partial charge in [-0.3, -0.25) is 0 Å². The number of nitrogens with zero attached hydrogens (tertiary/aromatic N) is 2. The Morgan fingerprint density at radius 3 is 0.717 bits per heavy atom. The van der Waals surface area contributed by atoms with Gasteiger partial charge in [0.15, 0.2) is 0 Å². The highest BCUT2D eigenvalue weighted by Gasteiger charge is 2.28. The van der Waals surface area contributed by atoms with Gasteiger partial charge in [-0.15, -0.1) is 0 Å². The van der Waals surface area contributed by atoms with Crippen LogP contribution in [0.5, 0.6) is 0 Å². The van der Waals surface area contributed by atoms with Crippen molar-refractivity contribution in [3.63, 3.8) is 0 Å². The Morgan fingerprint density at radius 1 is 0.304 bits per heavy atom. The molecule has 2 aromatic rings. The standard InChI is InChI=1S/C44H78N2/c1-7-13-19-33-45(34-20-14-8-2,35-21-15-9-3)39-41-25-29-43(30-26-41)44-31-27-42(28-32-44)40-46(36-22-16-10-4,37-23-17-11-5)38-24-18-12-6/h25-32H,7-24,33-40H2,1-6H3/q+2. The van der Waals surface area contributed by atoms with Crippen molar-refractivity contribution in [2.75, 3.05) is 39.3 Å². The van der Waals surface area contributed by atoms with E-state index in [4.69, 9.17) is 0 Å². The minimum absolute atomic E-state index is 1.20. The molecular weight excluding hydrogens is 556 g/mol. The minimum atomic E-state index is 1.20. The van der Waals surface area contributed by atoms with Gasteiger partial charge < -0.3 is 8.97 Å². The van der Waals surface area contributed by atoms with Crippen molar-refractivity contribution in [3.05, 3.63) is 59.7 Å². The van der Waals surface area contributed by atoms with Gasteiger partial charge in [0.2, 0.25) is 0 Å². The molecule has 2 heteroatoms. The predicted octanol–water partition coefficient (Wildman–Crippen LogP) is 13.1. The van der Waals surface area contributed by atoms with E-state index < -0.39 is 0 Å². The van der Waals surface area contributed by atoms with Gasteiger partial charge >= 0.3 is 0 Å². The van der Waals surface area contributed by atoms with Crippen molar-refractivity contribution in [3.8, 4) is 11.1 Å². The average Bonchev–Trinajstić information content (AvgIpc) is 3.06. The molecule has 0 N–H and O–H groups in total. The van der Waals surface area contributed by atoms with Crippen molar-refractivity contribution in [1.82, 2.24) is 0 Å². The lowest BCUT2D eigenvalue weighted by molar-refractivity contribution is -0.941. The Hall–Kier alpha value is -1.64. The Kier molecular flexibility index (Phi) is 21.6. The fourth-order valence-corrected chi connectivity index (χ4v) is 7.71. The van der Waals surface area contributed by atoms with Crippen LogP contribution in [0.15, 0.2) is 48.5 Å². The lowest BCUT2D eigenvalue weighted by Gasteiger charge is -2.39. The second-order valence-electron chi connectivity index (χ2n) is 15.0. The van der Waals surface area contributed by atoms with E-state index in [1.54, 1.807) is 0 Å². The van der Waals surface area contributed by atoms with Gasteiger partial charge in [-0.2, -0.15) is 0 Å². The van der Waals surface area contributed by atoms with Crippen LogP contribution in [0.4, 0.5) is 0 Å². The van der Waals surface area contributed by atoms with E-state index in [0.29, 0.717) is 0 Å². The molecule has 262 valence electrons. The quantitative estimate of drug-likeness (QED) is 0.0617. The Morgan fingerprint density at radius 2 is 0.522 bits per heavy atom. The van der Waals surface area contributed by atoms with Crippen molar-refractivity contribution in [1.29, 1.82) is 0 Å². The van der Waals surface area contributed by atoms with Gasteiger partial charge in [0.1, 0.15) is 13.1 Å². The molecular formula is C44H78N2+2. The molecule has 0 spiro atoms. The summed E-state index contributed by atoms with van der Waals surface area (Å²) in [4.78, 5) is 0. The van der Waals surface area contributed by atoms with Crippen LogP contribution in [0.2, 0.25) is 0 Å². The lowest BCUT2D eigenvalue weighted by Crippen LogP contribution is -2.49. The molecule has 0 bridgehead atoms. The number of unbranched alkanes of at least 4 members (excludes halogenated alkanes) is 12. The zero-order valence-electron chi connectivity index (χ0n) is 31.9.